The molecule has 2 aromatic rings. The van der Waals surface area contributed by atoms with Crippen molar-refractivity contribution in [3.8, 4) is 0 Å². The third kappa shape index (κ3) is 6.36. The van der Waals surface area contributed by atoms with Crippen molar-refractivity contribution in [1.29, 1.82) is 0 Å². The van der Waals surface area contributed by atoms with Gasteiger partial charge in [0.1, 0.15) is 12.4 Å². The molecule has 0 atom stereocenters. The first-order valence-corrected chi connectivity index (χ1v) is 9.44. The number of ether oxygens (including phenoxy) is 1. The number of aromatic nitrogens is 3. The summed E-state index contributed by atoms with van der Waals surface area (Å²) in [6.45, 7) is 9.10. The van der Waals surface area contributed by atoms with E-state index in [9.17, 15) is 0 Å². The fourth-order valence-corrected chi connectivity index (χ4v) is 2.89. The molecule has 0 amide bonds. The zero-order valence-electron chi connectivity index (χ0n) is 17.2. The van der Waals surface area contributed by atoms with Crippen molar-refractivity contribution in [2.45, 2.75) is 40.2 Å². The van der Waals surface area contributed by atoms with Crippen molar-refractivity contribution in [3.63, 3.8) is 0 Å². The Labute approximate surface area is 162 Å². The van der Waals surface area contributed by atoms with E-state index in [2.05, 4.69) is 57.9 Å². The van der Waals surface area contributed by atoms with E-state index in [0.29, 0.717) is 6.54 Å². The maximum atomic E-state index is 5.11. The molecular weight excluding hydrogens is 340 g/mol. The summed E-state index contributed by atoms with van der Waals surface area (Å²) in [6, 6.07) is 6.43. The number of hydrogen-bond acceptors (Lipinski definition) is 4. The summed E-state index contributed by atoms with van der Waals surface area (Å²) >= 11 is 0. The molecule has 0 fully saturated rings. The molecule has 0 aliphatic carbocycles. The van der Waals surface area contributed by atoms with Crippen LogP contribution in [0.15, 0.2) is 23.2 Å². The molecule has 0 spiro atoms. The molecule has 1 aromatic carbocycles. The maximum absolute atomic E-state index is 5.11. The summed E-state index contributed by atoms with van der Waals surface area (Å²) in [7, 11) is 3.68. The molecule has 1 heterocycles. The Morgan fingerprint density at radius 1 is 1.11 bits per heavy atom. The van der Waals surface area contributed by atoms with E-state index >= 15 is 0 Å². The van der Waals surface area contributed by atoms with Gasteiger partial charge in [0.15, 0.2) is 11.8 Å². The van der Waals surface area contributed by atoms with Gasteiger partial charge in [0.05, 0.1) is 0 Å². The van der Waals surface area contributed by atoms with Crippen LogP contribution in [-0.4, -0.2) is 47.5 Å². The minimum absolute atomic E-state index is 0.486. The largest absolute Gasteiger partial charge is 0.385 e. The molecule has 0 saturated carbocycles. The van der Waals surface area contributed by atoms with Gasteiger partial charge in [0.2, 0.25) is 0 Å². The molecule has 148 valence electrons. The zero-order valence-corrected chi connectivity index (χ0v) is 17.2. The van der Waals surface area contributed by atoms with Gasteiger partial charge in [-0.3, -0.25) is 0 Å². The van der Waals surface area contributed by atoms with E-state index in [0.717, 1.165) is 50.1 Å². The number of nitrogens with one attached hydrogen (secondary N) is 2. The smallest absolute Gasteiger partial charge is 0.191 e. The highest BCUT2D eigenvalue weighted by Gasteiger charge is 2.06. The van der Waals surface area contributed by atoms with E-state index in [1.807, 2.05) is 18.5 Å². The van der Waals surface area contributed by atoms with E-state index in [1.165, 1.54) is 16.7 Å². The minimum Gasteiger partial charge on any atom is -0.385 e. The average Bonchev–Trinajstić information content (AvgIpc) is 2.97. The molecule has 0 aliphatic rings. The van der Waals surface area contributed by atoms with Crippen LogP contribution < -0.4 is 10.6 Å². The Balaban J connectivity index is 1.96. The second-order valence-electron chi connectivity index (χ2n) is 6.71. The minimum atomic E-state index is 0.486. The molecule has 7 heteroatoms. The Hall–Kier alpha value is -2.41. The Bertz CT molecular complexity index is 733. The summed E-state index contributed by atoms with van der Waals surface area (Å²) in [6.07, 6.45) is 1.89. The molecule has 0 aliphatic heterocycles. The van der Waals surface area contributed by atoms with E-state index in [-0.39, 0.29) is 0 Å². The van der Waals surface area contributed by atoms with Crippen molar-refractivity contribution in [3.05, 3.63) is 46.5 Å². The first-order valence-electron chi connectivity index (χ1n) is 9.44. The average molecular weight is 373 g/mol. The van der Waals surface area contributed by atoms with Crippen LogP contribution in [0.3, 0.4) is 0 Å². The fraction of sp³-hybridized carbons (Fsp3) is 0.550. The Morgan fingerprint density at radius 3 is 2.44 bits per heavy atom. The molecular formula is C20H32N6O. The first kappa shape index (κ1) is 20.9. The topological polar surface area (TPSA) is 76.4 Å². The molecule has 0 bridgehead atoms. The quantitative estimate of drug-likeness (QED) is 0.400. The van der Waals surface area contributed by atoms with Crippen LogP contribution >= 0.6 is 0 Å². The lowest BCUT2D eigenvalue weighted by Gasteiger charge is -2.14. The van der Waals surface area contributed by atoms with Gasteiger partial charge >= 0.3 is 0 Å². The number of benzene rings is 1. The number of rotatable bonds is 9. The SMILES string of the molecule is COCCCNC(=NCc1nnc(C)n1C)NCCc1c(C)cccc1C. The standard InChI is InChI=1S/C20H32N6O/c1-15-8-6-9-16(2)18(15)10-12-22-20(21-11-7-13-27-5)23-14-19-25-24-17(3)26(19)4/h6,8-9H,7,10-14H2,1-5H3,(H2,21,22,23). The van der Waals surface area contributed by atoms with Crippen LogP contribution in [0.5, 0.6) is 0 Å². The highest BCUT2D eigenvalue weighted by atomic mass is 16.5. The first-order chi connectivity index (χ1) is 13.0. The van der Waals surface area contributed by atoms with Crippen molar-refractivity contribution in [2.24, 2.45) is 12.0 Å². The number of aliphatic imine (C=N–C) groups is 1. The molecule has 0 unspecified atom stereocenters. The number of methoxy groups -OCH3 is 1. The van der Waals surface area contributed by atoms with Gasteiger partial charge in [0.25, 0.3) is 0 Å². The van der Waals surface area contributed by atoms with Gasteiger partial charge in [-0.15, -0.1) is 10.2 Å². The lowest BCUT2D eigenvalue weighted by Crippen LogP contribution is -2.39. The van der Waals surface area contributed by atoms with Crippen molar-refractivity contribution in [2.75, 3.05) is 26.8 Å². The van der Waals surface area contributed by atoms with Crippen molar-refractivity contribution >= 4 is 5.96 Å². The number of guanidine groups is 1. The Kier molecular flexibility index (Phi) is 8.26. The van der Waals surface area contributed by atoms with Crippen molar-refractivity contribution < 1.29 is 4.74 Å². The highest BCUT2D eigenvalue weighted by molar-refractivity contribution is 5.79. The number of aryl methyl sites for hydroxylation is 3. The second kappa shape index (κ2) is 10.7. The molecule has 1 aromatic heterocycles. The summed E-state index contributed by atoms with van der Waals surface area (Å²) in [5.41, 5.74) is 4.06. The van der Waals surface area contributed by atoms with Gasteiger partial charge in [-0.05, 0) is 50.3 Å². The zero-order chi connectivity index (χ0) is 19.6. The van der Waals surface area contributed by atoms with Crippen LogP contribution in [0, 0.1) is 20.8 Å². The van der Waals surface area contributed by atoms with Gasteiger partial charge in [0, 0.05) is 33.9 Å². The van der Waals surface area contributed by atoms with E-state index < -0.39 is 0 Å². The van der Waals surface area contributed by atoms with Crippen LogP contribution in [0.2, 0.25) is 0 Å². The molecule has 0 radical (unpaired) electrons. The summed E-state index contributed by atoms with van der Waals surface area (Å²) in [4.78, 5) is 4.67. The number of nitrogens with zero attached hydrogens (tertiary/aromatic N) is 4. The van der Waals surface area contributed by atoms with Gasteiger partial charge < -0.3 is 19.9 Å². The molecule has 0 saturated heterocycles. The monoisotopic (exact) mass is 372 g/mol. The predicted octanol–water partition coefficient (Wildman–Crippen LogP) is 2.05. The van der Waals surface area contributed by atoms with Crippen LogP contribution in [0.1, 0.15) is 34.8 Å². The number of hydrogen-bond donors (Lipinski definition) is 2. The second-order valence-corrected chi connectivity index (χ2v) is 6.71. The highest BCUT2D eigenvalue weighted by Crippen LogP contribution is 2.13. The third-order valence-corrected chi connectivity index (χ3v) is 4.69. The maximum Gasteiger partial charge on any atom is 0.191 e. The molecule has 2 N–H and O–H groups in total. The molecule has 27 heavy (non-hydrogen) atoms. The summed E-state index contributed by atoms with van der Waals surface area (Å²) in [5, 5.41) is 15.1. The fourth-order valence-electron chi connectivity index (χ4n) is 2.89. The normalized spacial score (nSPS) is 11.7. The molecule has 7 nitrogen and oxygen atoms in total. The van der Waals surface area contributed by atoms with Crippen LogP contribution in [-0.2, 0) is 24.8 Å². The lowest BCUT2D eigenvalue weighted by atomic mass is 10.0. The van der Waals surface area contributed by atoms with Crippen LogP contribution in [0.4, 0.5) is 0 Å². The van der Waals surface area contributed by atoms with Gasteiger partial charge in [-0.25, -0.2) is 4.99 Å². The van der Waals surface area contributed by atoms with E-state index in [1.54, 1.807) is 7.11 Å². The van der Waals surface area contributed by atoms with Gasteiger partial charge in [-0.2, -0.15) is 0 Å². The molecule has 2 rings (SSSR count). The third-order valence-electron chi connectivity index (χ3n) is 4.69. The van der Waals surface area contributed by atoms with Crippen LogP contribution in [0.25, 0.3) is 0 Å². The lowest BCUT2D eigenvalue weighted by molar-refractivity contribution is 0.195. The van der Waals surface area contributed by atoms with Gasteiger partial charge in [-0.1, -0.05) is 18.2 Å². The predicted molar refractivity (Wildman–Crippen MR) is 109 cm³/mol. The Morgan fingerprint density at radius 2 is 1.81 bits per heavy atom. The summed E-state index contributed by atoms with van der Waals surface area (Å²) in [5.74, 6) is 2.52. The van der Waals surface area contributed by atoms with Crippen molar-refractivity contribution in [1.82, 2.24) is 25.4 Å². The summed E-state index contributed by atoms with van der Waals surface area (Å²) < 4.78 is 7.08. The van der Waals surface area contributed by atoms with E-state index in [4.69, 9.17) is 4.74 Å².